The summed E-state index contributed by atoms with van der Waals surface area (Å²) in [5, 5.41) is 0. The second kappa shape index (κ2) is 17.3. The molecular weight excluding hydrogens is 266 g/mol. The van der Waals surface area contributed by atoms with Crippen LogP contribution in [0.25, 0.3) is 0 Å². The average Bonchev–Trinajstić information content (AvgIpc) is 2.53. The molecule has 0 spiro atoms. The molecule has 0 bridgehead atoms. The molecule has 0 aromatic rings. The van der Waals surface area contributed by atoms with Crippen molar-refractivity contribution in [3.05, 3.63) is 0 Å². The Bertz CT molecular complexity index is 202. The largest absolute Gasteiger partial charge is 0.306 e. The van der Waals surface area contributed by atoms with E-state index in [0.29, 0.717) is 0 Å². The van der Waals surface area contributed by atoms with E-state index in [9.17, 15) is 0 Å². The number of unbranched alkanes of at least 4 members (excludes halogenated alkanes) is 8. The first-order valence-electron chi connectivity index (χ1n) is 10.4. The van der Waals surface area contributed by atoms with E-state index < -0.39 is 0 Å². The van der Waals surface area contributed by atoms with Crippen LogP contribution in [0.15, 0.2) is 0 Å². The molecule has 0 aliphatic heterocycles. The molecule has 1 unspecified atom stereocenters. The maximum Gasteiger partial charge on any atom is -0.00218 e. The third-order valence-corrected chi connectivity index (χ3v) is 5.09. The topological polar surface area (TPSA) is 3.24 Å². The number of hydrogen-bond donors (Lipinski definition) is 0. The SMILES string of the molecule is CCCCCC(CC)CCCCCCCCN(C)CCCC. The molecule has 0 saturated carbocycles. The minimum atomic E-state index is 1.01. The smallest absolute Gasteiger partial charge is 0.00218 e. The van der Waals surface area contributed by atoms with Crippen molar-refractivity contribution in [3.63, 3.8) is 0 Å². The fourth-order valence-corrected chi connectivity index (χ4v) is 3.30. The van der Waals surface area contributed by atoms with Gasteiger partial charge in [0.05, 0.1) is 0 Å². The van der Waals surface area contributed by atoms with Crippen molar-refractivity contribution in [3.8, 4) is 0 Å². The Kier molecular flexibility index (Phi) is 17.3. The van der Waals surface area contributed by atoms with Crippen LogP contribution in [0.5, 0.6) is 0 Å². The molecule has 22 heavy (non-hydrogen) atoms. The number of hydrogen-bond acceptors (Lipinski definition) is 1. The van der Waals surface area contributed by atoms with Crippen LogP contribution in [0.2, 0.25) is 0 Å². The summed E-state index contributed by atoms with van der Waals surface area (Å²) in [6, 6.07) is 0. The maximum atomic E-state index is 2.51. The minimum Gasteiger partial charge on any atom is -0.306 e. The van der Waals surface area contributed by atoms with Gasteiger partial charge < -0.3 is 4.90 Å². The van der Waals surface area contributed by atoms with E-state index in [4.69, 9.17) is 0 Å². The van der Waals surface area contributed by atoms with Crippen molar-refractivity contribution in [1.82, 2.24) is 4.90 Å². The molecule has 0 aliphatic rings. The quantitative estimate of drug-likeness (QED) is 0.260. The summed E-state index contributed by atoms with van der Waals surface area (Å²) in [5.41, 5.74) is 0. The van der Waals surface area contributed by atoms with Gasteiger partial charge in [0.25, 0.3) is 0 Å². The van der Waals surface area contributed by atoms with E-state index in [0.717, 1.165) is 5.92 Å². The molecule has 0 radical (unpaired) electrons. The van der Waals surface area contributed by atoms with E-state index in [1.54, 1.807) is 0 Å². The Morgan fingerprint density at radius 2 is 1.09 bits per heavy atom. The predicted molar refractivity (Wildman–Crippen MR) is 103 cm³/mol. The van der Waals surface area contributed by atoms with Gasteiger partial charge >= 0.3 is 0 Å². The molecule has 0 aromatic carbocycles. The standard InChI is InChI=1S/C21H45N/c1-5-8-14-17-21(7-3)18-15-12-10-11-13-16-20-22(4)19-9-6-2/h21H,5-20H2,1-4H3. The Hall–Kier alpha value is -0.0400. The molecule has 0 fully saturated rings. The zero-order valence-corrected chi connectivity index (χ0v) is 16.3. The van der Waals surface area contributed by atoms with Crippen LogP contribution in [0, 0.1) is 5.92 Å². The van der Waals surface area contributed by atoms with E-state index in [-0.39, 0.29) is 0 Å². The lowest BCUT2D eigenvalue weighted by Gasteiger charge is -2.16. The third-order valence-electron chi connectivity index (χ3n) is 5.09. The van der Waals surface area contributed by atoms with Crippen molar-refractivity contribution in [2.24, 2.45) is 5.92 Å². The molecule has 1 atom stereocenters. The van der Waals surface area contributed by atoms with Gasteiger partial charge in [-0.2, -0.15) is 0 Å². The summed E-state index contributed by atoms with van der Waals surface area (Å²) in [5.74, 6) is 1.01. The Balaban J connectivity index is 3.31. The average molecular weight is 312 g/mol. The van der Waals surface area contributed by atoms with Crippen molar-refractivity contribution in [1.29, 1.82) is 0 Å². The molecule has 0 aromatic heterocycles. The van der Waals surface area contributed by atoms with Crippen molar-refractivity contribution in [2.45, 2.75) is 111 Å². The highest BCUT2D eigenvalue weighted by Gasteiger charge is 2.05. The second-order valence-electron chi connectivity index (χ2n) is 7.34. The molecule has 1 heteroatoms. The normalized spacial score (nSPS) is 13.0. The number of nitrogens with zero attached hydrogens (tertiary/aromatic N) is 1. The molecule has 134 valence electrons. The van der Waals surface area contributed by atoms with Gasteiger partial charge in [0.1, 0.15) is 0 Å². The lowest BCUT2D eigenvalue weighted by atomic mass is 9.92. The van der Waals surface area contributed by atoms with Crippen molar-refractivity contribution < 1.29 is 0 Å². The van der Waals surface area contributed by atoms with E-state index in [2.05, 4.69) is 32.7 Å². The first-order valence-corrected chi connectivity index (χ1v) is 10.4. The summed E-state index contributed by atoms with van der Waals surface area (Å²) in [6.45, 7) is 9.55. The van der Waals surface area contributed by atoms with Crippen molar-refractivity contribution in [2.75, 3.05) is 20.1 Å². The van der Waals surface area contributed by atoms with Gasteiger partial charge in [-0.1, -0.05) is 97.8 Å². The Labute approximate surface area is 142 Å². The first kappa shape index (κ1) is 22.0. The van der Waals surface area contributed by atoms with Gasteiger partial charge in [-0.05, 0) is 38.9 Å². The van der Waals surface area contributed by atoms with Crippen LogP contribution in [0.4, 0.5) is 0 Å². The van der Waals surface area contributed by atoms with Crippen LogP contribution in [0.1, 0.15) is 111 Å². The summed E-state index contributed by atoms with van der Waals surface area (Å²) in [4.78, 5) is 2.51. The zero-order chi connectivity index (χ0) is 16.5. The van der Waals surface area contributed by atoms with E-state index in [1.165, 1.54) is 103 Å². The fraction of sp³-hybridized carbons (Fsp3) is 1.00. The van der Waals surface area contributed by atoms with Crippen LogP contribution in [-0.2, 0) is 0 Å². The van der Waals surface area contributed by atoms with Crippen LogP contribution in [-0.4, -0.2) is 25.0 Å². The van der Waals surface area contributed by atoms with Crippen LogP contribution >= 0.6 is 0 Å². The van der Waals surface area contributed by atoms with Gasteiger partial charge in [0, 0.05) is 0 Å². The Morgan fingerprint density at radius 3 is 1.68 bits per heavy atom. The lowest BCUT2D eigenvalue weighted by molar-refractivity contribution is 0.317. The lowest BCUT2D eigenvalue weighted by Crippen LogP contribution is -2.20. The summed E-state index contributed by atoms with van der Waals surface area (Å²) >= 11 is 0. The van der Waals surface area contributed by atoms with Gasteiger partial charge in [0.2, 0.25) is 0 Å². The first-order chi connectivity index (χ1) is 10.7. The molecular formula is C21H45N. The van der Waals surface area contributed by atoms with Crippen molar-refractivity contribution >= 4 is 0 Å². The molecule has 0 N–H and O–H groups in total. The summed E-state index contributed by atoms with van der Waals surface area (Å²) in [6.07, 6.45) is 20.0. The van der Waals surface area contributed by atoms with Gasteiger partial charge in [-0.25, -0.2) is 0 Å². The molecule has 0 rings (SSSR count). The van der Waals surface area contributed by atoms with Gasteiger partial charge in [-0.15, -0.1) is 0 Å². The third kappa shape index (κ3) is 14.9. The fourth-order valence-electron chi connectivity index (χ4n) is 3.30. The highest BCUT2D eigenvalue weighted by molar-refractivity contribution is 4.59. The summed E-state index contributed by atoms with van der Waals surface area (Å²) < 4.78 is 0. The van der Waals surface area contributed by atoms with Crippen LogP contribution in [0.3, 0.4) is 0 Å². The minimum absolute atomic E-state index is 1.01. The number of rotatable bonds is 17. The summed E-state index contributed by atoms with van der Waals surface area (Å²) in [7, 11) is 2.28. The zero-order valence-electron chi connectivity index (χ0n) is 16.3. The highest BCUT2D eigenvalue weighted by atomic mass is 15.1. The molecule has 0 aliphatic carbocycles. The molecule has 0 amide bonds. The van der Waals surface area contributed by atoms with E-state index >= 15 is 0 Å². The van der Waals surface area contributed by atoms with E-state index in [1.807, 2.05) is 0 Å². The van der Waals surface area contributed by atoms with Crippen LogP contribution < -0.4 is 0 Å². The molecule has 1 nitrogen and oxygen atoms in total. The predicted octanol–water partition coefficient (Wildman–Crippen LogP) is 7.06. The molecule has 0 heterocycles. The Morgan fingerprint density at radius 1 is 0.591 bits per heavy atom. The monoisotopic (exact) mass is 311 g/mol. The second-order valence-corrected chi connectivity index (χ2v) is 7.34. The maximum absolute atomic E-state index is 2.51. The highest BCUT2D eigenvalue weighted by Crippen LogP contribution is 2.21. The van der Waals surface area contributed by atoms with Gasteiger partial charge in [0.15, 0.2) is 0 Å². The van der Waals surface area contributed by atoms with Gasteiger partial charge in [-0.3, -0.25) is 0 Å². The molecule has 0 saturated heterocycles.